The van der Waals surface area contributed by atoms with Crippen molar-refractivity contribution >= 4 is 57.3 Å². The molecular formula is C47H64N8O6S2. The van der Waals surface area contributed by atoms with Crippen LogP contribution in [0.3, 0.4) is 0 Å². The van der Waals surface area contributed by atoms with Gasteiger partial charge in [0.25, 0.3) is 0 Å². The number of aldehydes is 1. The molecule has 0 spiro atoms. The number of carbonyl (C=O) groups is 4. The minimum atomic E-state index is -0.491. The van der Waals surface area contributed by atoms with Crippen LogP contribution in [0.1, 0.15) is 149 Å². The predicted octanol–water partition coefficient (Wildman–Crippen LogP) is 9.71. The van der Waals surface area contributed by atoms with Crippen LogP contribution in [0.15, 0.2) is 48.5 Å². The van der Waals surface area contributed by atoms with Crippen molar-refractivity contribution in [1.82, 2.24) is 30.2 Å². The van der Waals surface area contributed by atoms with Crippen LogP contribution in [0.5, 0.6) is 0 Å². The molecule has 340 valence electrons. The summed E-state index contributed by atoms with van der Waals surface area (Å²) >= 11 is 3.10. The van der Waals surface area contributed by atoms with Crippen LogP contribution in [0.2, 0.25) is 0 Å². The Morgan fingerprint density at radius 3 is 1.63 bits per heavy atom. The van der Waals surface area contributed by atoms with Gasteiger partial charge in [0, 0.05) is 51.5 Å². The summed E-state index contributed by atoms with van der Waals surface area (Å²) in [5.41, 5.74) is 3.56. The SMILES string of the molecule is CC(C)(C)OC(=O)N1CCC(c2cccc(CC=O)c2)CC1.CNc1nnc(C2CCC[C@H](c3nnc(NC(=O)Cc4cccc(C5CCN(C(=O)OC(C)(C)C)CC5)c4)s3)C2)s1. The second kappa shape index (κ2) is 21.6. The standard InChI is InChI=1S/C29H39N7O3S2.C18H25NO3/c1-29(2,3)39-28(38)36-13-11-19(12-14-36)20-8-5-7-18(15-20)16-23(37)31-27-35-33-25(41-27)22-10-6-9-21(17-22)24-32-34-26(30-4)40-24;1-18(2,3)22-17(21)19-10-7-15(8-11-19)16-6-4-5-14(13-16)9-12-20/h5,7-8,15,19,21-22H,6,9-14,16-17H2,1-4H3,(H,30,34)(H,31,35,37);4-6,12-13,15H,7-11H2,1-3H3/t21?,22-;/m0./s1. The monoisotopic (exact) mass is 900 g/mol. The number of amides is 3. The Kier molecular flexibility index (Phi) is 16.3. The molecule has 1 unspecified atom stereocenters. The van der Waals surface area contributed by atoms with Gasteiger partial charge in [-0.15, -0.1) is 20.4 Å². The van der Waals surface area contributed by atoms with Gasteiger partial charge in [0.15, 0.2) is 0 Å². The summed E-state index contributed by atoms with van der Waals surface area (Å²) in [5, 5.41) is 26.8. The Bertz CT molecular complexity index is 2150. The molecule has 2 N–H and O–H groups in total. The number of nitrogens with zero attached hydrogens (tertiary/aromatic N) is 6. The van der Waals surface area contributed by atoms with Crippen molar-refractivity contribution < 1.29 is 28.7 Å². The lowest BCUT2D eigenvalue weighted by molar-refractivity contribution is -0.115. The van der Waals surface area contributed by atoms with Gasteiger partial charge in [-0.25, -0.2) is 9.59 Å². The maximum Gasteiger partial charge on any atom is 0.410 e. The number of nitrogens with one attached hydrogen (secondary N) is 2. The van der Waals surface area contributed by atoms with E-state index in [4.69, 9.17) is 9.47 Å². The second-order valence-corrected chi connectivity index (χ2v) is 20.8. The fourth-order valence-electron chi connectivity index (χ4n) is 8.41. The molecule has 7 rings (SSSR count). The Morgan fingerprint density at radius 2 is 1.16 bits per heavy atom. The molecule has 0 bridgehead atoms. The molecule has 63 heavy (non-hydrogen) atoms. The number of ether oxygens (including phenoxy) is 2. The van der Waals surface area contributed by atoms with Crippen molar-refractivity contribution in [1.29, 1.82) is 0 Å². The fourth-order valence-corrected chi connectivity index (χ4v) is 10.2. The molecule has 2 aromatic carbocycles. The predicted molar refractivity (Wildman–Crippen MR) is 248 cm³/mol. The van der Waals surface area contributed by atoms with E-state index in [0.29, 0.717) is 48.3 Å². The van der Waals surface area contributed by atoms with Gasteiger partial charge in [0.1, 0.15) is 27.5 Å². The quantitative estimate of drug-likeness (QED) is 0.145. The maximum atomic E-state index is 12.9. The maximum absolute atomic E-state index is 12.9. The summed E-state index contributed by atoms with van der Waals surface area (Å²) in [5.74, 6) is 1.40. The molecule has 16 heteroatoms. The number of anilines is 2. The third-order valence-corrected chi connectivity index (χ3v) is 13.6. The molecule has 2 aromatic heterocycles. The van der Waals surface area contributed by atoms with E-state index in [2.05, 4.69) is 55.3 Å². The third kappa shape index (κ3) is 14.3. The first kappa shape index (κ1) is 47.5. The van der Waals surface area contributed by atoms with Crippen molar-refractivity contribution in [2.45, 2.75) is 141 Å². The topological polar surface area (TPSA) is 169 Å². The third-order valence-electron chi connectivity index (χ3n) is 11.5. The van der Waals surface area contributed by atoms with Gasteiger partial charge >= 0.3 is 12.2 Å². The lowest BCUT2D eigenvalue weighted by Crippen LogP contribution is -2.41. The Balaban J connectivity index is 0.000000253. The highest BCUT2D eigenvalue weighted by molar-refractivity contribution is 7.15. The van der Waals surface area contributed by atoms with Crippen molar-refractivity contribution in [3.05, 3.63) is 80.8 Å². The van der Waals surface area contributed by atoms with Crippen LogP contribution in [-0.4, -0.2) is 99.0 Å². The molecule has 3 amide bonds. The van der Waals surface area contributed by atoms with E-state index in [0.717, 1.165) is 97.0 Å². The van der Waals surface area contributed by atoms with Gasteiger partial charge in [-0.2, -0.15) is 0 Å². The molecule has 2 saturated heterocycles. The molecule has 3 aliphatic rings. The molecule has 1 saturated carbocycles. The smallest absolute Gasteiger partial charge is 0.410 e. The fraction of sp³-hybridized carbons (Fsp3) is 0.574. The molecule has 1 aliphatic carbocycles. The summed E-state index contributed by atoms with van der Waals surface area (Å²) in [6.07, 6.45) is 9.09. The highest BCUT2D eigenvalue weighted by Crippen LogP contribution is 2.43. The molecule has 2 atom stereocenters. The lowest BCUT2D eigenvalue weighted by atomic mass is 9.82. The Hall–Kier alpha value is -4.96. The van der Waals surface area contributed by atoms with E-state index in [9.17, 15) is 19.2 Å². The number of piperidine rings is 2. The first-order valence-electron chi connectivity index (χ1n) is 22.3. The first-order valence-corrected chi connectivity index (χ1v) is 23.9. The number of benzene rings is 2. The zero-order valence-corrected chi connectivity index (χ0v) is 39.5. The second-order valence-electron chi connectivity index (χ2n) is 18.8. The normalized spacial score (nSPS) is 18.8. The van der Waals surface area contributed by atoms with Gasteiger partial charge < -0.3 is 34.7 Å². The molecule has 2 aliphatic heterocycles. The Labute approximate surface area is 379 Å². The summed E-state index contributed by atoms with van der Waals surface area (Å²) in [4.78, 5) is 51.6. The van der Waals surface area contributed by atoms with Gasteiger partial charge in [0.2, 0.25) is 16.2 Å². The van der Waals surface area contributed by atoms with Gasteiger partial charge in [-0.3, -0.25) is 4.79 Å². The average molecular weight is 901 g/mol. The van der Waals surface area contributed by atoms with Crippen molar-refractivity contribution in [2.24, 2.45) is 0 Å². The van der Waals surface area contributed by atoms with E-state index in [-0.39, 0.29) is 24.5 Å². The molecular weight excluding hydrogens is 837 g/mol. The highest BCUT2D eigenvalue weighted by Gasteiger charge is 2.31. The molecule has 0 radical (unpaired) electrons. The van der Waals surface area contributed by atoms with E-state index < -0.39 is 11.2 Å². The van der Waals surface area contributed by atoms with Crippen LogP contribution in [0.25, 0.3) is 0 Å². The number of aromatic nitrogens is 4. The number of carbonyl (C=O) groups excluding carboxylic acids is 4. The summed E-state index contributed by atoms with van der Waals surface area (Å²) in [6.45, 7) is 14.1. The summed E-state index contributed by atoms with van der Waals surface area (Å²) in [7, 11) is 1.86. The van der Waals surface area contributed by atoms with Crippen LogP contribution >= 0.6 is 22.7 Å². The van der Waals surface area contributed by atoms with Crippen molar-refractivity contribution in [2.75, 3.05) is 43.9 Å². The van der Waals surface area contributed by atoms with Crippen molar-refractivity contribution in [3.63, 3.8) is 0 Å². The minimum Gasteiger partial charge on any atom is -0.444 e. The van der Waals surface area contributed by atoms with Crippen LogP contribution in [0, 0.1) is 0 Å². The minimum absolute atomic E-state index is 0.0976. The zero-order valence-electron chi connectivity index (χ0n) is 37.9. The van der Waals surface area contributed by atoms with E-state index >= 15 is 0 Å². The average Bonchev–Trinajstić information content (AvgIpc) is 3.94. The number of hydrogen-bond donors (Lipinski definition) is 2. The highest BCUT2D eigenvalue weighted by atomic mass is 32.1. The van der Waals surface area contributed by atoms with Crippen molar-refractivity contribution in [3.8, 4) is 0 Å². The van der Waals surface area contributed by atoms with Gasteiger partial charge in [-0.05, 0) is 121 Å². The molecule has 3 fully saturated rings. The number of hydrogen-bond acceptors (Lipinski definition) is 13. The molecule has 4 aromatic rings. The summed E-state index contributed by atoms with van der Waals surface area (Å²) in [6, 6.07) is 16.4. The largest absolute Gasteiger partial charge is 0.444 e. The lowest BCUT2D eigenvalue weighted by Gasteiger charge is -2.33. The van der Waals surface area contributed by atoms with E-state index in [1.54, 1.807) is 21.1 Å². The zero-order chi connectivity index (χ0) is 45.1. The molecule has 14 nitrogen and oxygen atoms in total. The number of rotatable bonds is 10. The van der Waals surface area contributed by atoms with Gasteiger partial charge in [-0.1, -0.05) is 77.6 Å². The van der Waals surface area contributed by atoms with Crippen LogP contribution < -0.4 is 10.6 Å². The molecule has 4 heterocycles. The van der Waals surface area contributed by atoms with Gasteiger partial charge in [0.05, 0.1) is 6.42 Å². The summed E-state index contributed by atoms with van der Waals surface area (Å²) < 4.78 is 10.9. The van der Waals surface area contributed by atoms with Crippen LogP contribution in [-0.2, 0) is 31.9 Å². The first-order chi connectivity index (χ1) is 30.1. The van der Waals surface area contributed by atoms with E-state index in [1.165, 1.54) is 22.5 Å². The van der Waals surface area contributed by atoms with Crippen LogP contribution in [0.4, 0.5) is 19.9 Å². The Morgan fingerprint density at radius 1 is 0.683 bits per heavy atom. The van der Waals surface area contributed by atoms with E-state index in [1.807, 2.05) is 72.9 Å². The number of likely N-dealkylation sites (tertiary alicyclic amines) is 2.